The lowest BCUT2D eigenvalue weighted by molar-refractivity contribution is -0.0358. The van der Waals surface area contributed by atoms with Gasteiger partial charge in [-0.15, -0.1) is 0 Å². The van der Waals surface area contributed by atoms with Gasteiger partial charge >= 0.3 is 0 Å². The fraction of sp³-hybridized carbons (Fsp3) is 0.571. The van der Waals surface area contributed by atoms with Gasteiger partial charge in [-0.1, -0.05) is 30.7 Å². The van der Waals surface area contributed by atoms with Crippen molar-refractivity contribution in [3.05, 3.63) is 34.9 Å². The van der Waals surface area contributed by atoms with E-state index in [2.05, 4.69) is 13.0 Å². The first-order chi connectivity index (χ1) is 7.60. The maximum absolute atomic E-state index is 10.3. The summed E-state index contributed by atoms with van der Waals surface area (Å²) < 4.78 is 5.54. The maximum Gasteiger partial charge on any atom is 0.105 e. The summed E-state index contributed by atoms with van der Waals surface area (Å²) in [5.41, 5.74) is 3.33. The van der Waals surface area contributed by atoms with Crippen LogP contribution in [-0.2, 0) is 4.74 Å². The molecule has 0 aliphatic carbocycles. The Bertz CT molecular complexity index is 334. The number of hydrogen-bond donors (Lipinski definition) is 1. The molecule has 0 saturated heterocycles. The standard InChI is InChI=1S/C14H22O2/c1-5-13(16-6-2)14(15)12-8-7-10(3)9-11(12)4/h7-9,13-15H,5-6H2,1-4H3. The Morgan fingerprint density at radius 2 is 1.94 bits per heavy atom. The van der Waals surface area contributed by atoms with Crippen LogP contribution in [0, 0.1) is 13.8 Å². The van der Waals surface area contributed by atoms with Crippen LogP contribution in [0.5, 0.6) is 0 Å². The number of aliphatic hydroxyl groups is 1. The number of aryl methyl sites for hydroxylation is 2. The maximum atomic E-state index is 10.3. The number of hydrogen-bond acceptors (Lipinski definition) is 2. The third-order valence-electron chi connectivity index (χ3n) is 2.88. The third-order valence-corrected chi connectivity index (χ3v) is 2.88. The van der Waals surface area contributed by atoms with E-state index in [9.17, 15) is 5.11 Å². The van der Waals surface area contributed by atoms with Crippen molar-refractivity contribution in [3.8, 4) is 0 Å². The molecular weight excluding hydrogens is 200 g/mol. The number of aliphatic hydroxyl groups excluding tert-OH is 1. The second-order valence-electron chi connectivity index (χ2n) is 4.21. The van der Waals surface area contributed by atoms with E-state index >= 15 is 0 Å². The zero-order chi connectivity index (χ0) is 12.1. The van der Waals surface area contributed by atoms with Gasteiger partial charge in [-0.3, -0.25) is 0 Å². The van der Waals surface area contributed by atoms with Gasteiger partial charge in [0, 0.05) is 6.61 Å². The Morgan fingerprint density at radius 3 is 2.44 bits per heavy atom. The van der Waals surface area contributed by atoms with Crippen LogP contribution in [0.2, 0.25) is 0 Å². The molecule has 2 nitrogen and oxygen atoms in total. The molecule has 2 unspecified atom stereocenters. The molecule has 1 aromatic rings. The van der Waals surface area contributed by atoms with Crippen LogP contribution in [-0.4, -0.2) is 17.8 Å². The molecule has 0 fully saturated rings. The summed E-state index contributed by atoms with van der Waals surface area (Å²) in [7, 11) is 0. The van der Waals surface area contributed by atoms with Crippen molar-refractivity contribution in [2.45, 2.75) is 46.3 Å². The Kier molecular flexibility index (Phi) is 4.97. The first kappa shape index (κ1) is 13.2. The van der Waals surface area contributed by atoms with E-state index in [1.54, 1.807) is 0 Å². The summed E-state index contributed by atoms with van der Waals surface area (Å²) in [4.78, 5) is 0. The molecule has 90 valence electrons. The molecule has 0 spiro atoms. The van der Waals surface area contributed by atoms with Crippen LogP contribution in [0.15, 0.2) is 18.2 Å². The topological polar surface area (TPSA) is 29.5 Å². The Morgan fingerprint density at radius 1 is 1.25 bits per heavy atom. The quantitative estimate of drug-likeness (QED) is 0.829. The first-order valence-electron chi connectivity index (χ1n) is 5.97. The molecule has 16 heavy (non-hydrogen) atoms. The summed E-state index contributed by atoms with van der Waals surface area (Å²) in [5, 5.41) is 10.3. The fourth-order valence-corrected chi connectivity index (χ4v) is 2.00. The highest BCUT2D eigenvalue weighted by Crippen LogP contribution is 2.25. The first-order valence-corrected chi connectivity index (χ1v) is 5.97. The smallest absolute Gasteiger partial charge is 0.105 e. The lowest BCUT2D eigenvalue weighted by atomic mass is 9.96. The second-order valence-corrected chi connectivity index (χ2v) is 4.21. The van der Waals surface area contributed by atoms with E-state index in [1.165, 1.54) is 5.56 Å². The summed E-state index contributed by atoms with van der Waals surface area (Å²) in [5.74, 6) is 0. The van der Waals surface area contributed by atoms with Gasteiger partial charge in [-0.25, -0.2) is 0 Å². The highest BCUT2D eigenvalue weighted by Gasteiger charge is 2.20. The van der Waals surface area contributed by atoms with Crippen LogP contribution in [0.1, 0.15) is 43.1 Å². The molecule has 0 heterocycles. The molecule has 0 aliphatic heterocycles. The van der Waals surface area contributed by atoms with Crippen molar-refractivity contribution < 1.29 is 9.84 Å². The average molecular weight is 222 g/mol. The van der Waals surface area contributed by atoms with E-state index in [-0.39, 0.29) is 6.10 Å². The van der Waals surface area contributed by atoms with Crippen LogP contribution in [0.4, 0.5) is 0 Å². The third kappa shape index (κ3) is 3.06. The van der Waals surface area contributed by atoms with Gasteiger partial charge in [0.15, 0.2) is 0 Å². The lowest BCUT2D eigenvalue weighted by Gasteiger charge is -2.23. The molecule has 2 atom stereocenters. The molecule has 0 saturated carbocycles. The van der Waals surface area contributed by atoms with Crippen molar-refractivity contribution in [1.29, 1.82) is 0 Å². The summed E-state index contributed by atoms with van der Waals surface area (Å²) >= 11 is 0. The minimum Gasteiger partial charge on any atom is -0.386 e. The number of benzene rings is 1. The molecule has 2 heteroatoms. The van der Waals surface area contributed by atoms with Crippen LogP contribution >= 0.6 is 0 Å². The predicted octanol–water partition coefficient (Wildman–Crippen LogP) is 3.15. The molecule has 0 amide bonds. The van der Waals surface area contributed by atoms with Gasteiger partial charge in [0.05, 0.1) is 6.10 Å². The summed E-state index contributed by atoms with van der Waals surface area (Å²) in [6, 6.07) is 6.12. The summed E-state index contributed by atoms with van der Waals surface area (Å²) in [6.07, 6.45) is 0.194. The molecule has 1 N–H and O–H groups in total. The van der Waals surface area contributed by atoms with Crippen molar-refractivity contribution in [2.24, 2.45) is 0 Å². The Labute approximate surface area is 98.3 Å². The van der Waals surface area contributed by atoms with E-state index in [0.29, 0.717) is 6.61 Å². The van der Waals surface area contributed by atoms with E-state index in [1.807, 2.05) is 32.9 Å². The molecular formula is C14H22O2. The normalized spacial score (nSPS) is 14.8. The zero-order valence-electron chi connectivity index (χ0n) is 10.7. The van der Waals surface area contributed by atoms with Gasteiger partial charge in [0.2, 0.25) is 0 Å². The molecule has 0 bridgehead atoms. The van der Waals surface area contributed by atoms with Gasteiger partial charge in [-0.05, 0) is 38.3 Å². The van der Waals surface area contributed by atoms with Gasteiger partial charge in [0.1, 0.15) is 6.10 Å². The van der Waals surface area contributed by atoms with Crippen LogP contribution in [0.3, 0.4) is 0 Å². The molecule has 0 radical (unpaired) electrons. The minimum absolute atomic E-state index is 0.105. The molecule has 1 rings (SSSR count). The monoisotopic (exact) mass is 222 g/mol. The summed E-state index contributed by atoms with van der Waals surface area (Å²) in [6.45, 7) is 8.72. The highest BCUT2D eigenvalue weighted by atomic mass is 16.5. The minimum atomic E-state index is -0.523. The number of rotatable bonds is 5. The van der Waals surface area contributed by atoms with Crippen molar-refractivity contribution >= 4 is 0 Å². The predicted molar refractivity (Wildman–Crippen MR) is 66.6 cm³/mol. The SMILES string of the molecule is CCOC(CC)C(O)c1ccc(C)cc1C. The Balaban J connectivity index is 2.89. The van der Waals surface area contributed by atoms with Crippen LogP contribution < -0.4 is 0 Å². The van der Waals surface area contributed by atoms with Crippen LogP contribution in [0.25, 0.3) is 0 Å². The largest absolute Gasteiger partial charge is 0.386 e. The van der Waals surface area contributed by atoms with Crippen molar-refractivity contribution in [3.63, 3.8) is 0 Å². The average Bonchev–Trinajstić information content (AvgIpc) is 2.25. The molecule has 0 aliphatic rings. The van der Waals surface area contributed by atoms with Crippen molar-refractivity contribution in [2.75, 3.05) is 6.61 Å². The van der Waals surface area contributed by atoms with Gasteiger partial charge in [-0.2, -0.15) is 0 Å². The zero-order valence-corrected chi connectivity index (χ0v) is 10.7. The van der Waals surface area contributed by atoms with E-state index in [0.717, 1.165) is 17.5 Å². The Hall–Kier alpha value is -0.860. The highest BCUT2D eigenvalue weighted by molar-refractivity contribution is 5.32. The van der Waals surface area contributed by atoms with E-state index in [4.69, 9.17) is 4.74 Å². The van der Waals surface area contributed by atoms with E-state index < -0.39 is 6.10 Å². The van der Waals surface area contributed by atoms with Gasteiger partial charge in [0.25, 0.3) is 0 Å². The van der Waals surface area contributed by atoms with Gasteiger partial charge < -0.3 is 9.84 Å². The fourth-order valence-electron chi connectivity index (χ4n) is 2.00. The molecule has 1 aromatic carbocycles. The van der Waals surface area contributed by atoms with Crippen molar-refractivity contribution in [1.82, 2.24) is 0 Å². The second kappa shape index (κ2) is 6.02. The lowest BCUT2D eigenvalue weighted by Crippen LogP contribution is -2.22. The number of ether oxygens (including phenoxy) is 1. The molecule has 0 aromatic heterocycles.